The van der Waals surface area contributed by atoms with Crippen molar-refractivity contribution in [3.05, 3.63) is 70.2 Å². The van der Waals surface area contributed by atoms with Crippen LogP contribution in [0.15, 0.2) is 53.9 Å². The molecule has 30 heavy (non-hydrogen) atoms. The van der Waals surface area contributed by atoms with Crippen molar-refractivity contribution in [3.8, 4) is 5.75 Å². The molecule has 1 amide bonds. The van der Waals surface area contributed by atoms with E-state index in [4.69, 9.17) is 4.74 Å². The number of ether oxygens (including phenoxy) is 1. The SMILES string of the molecule is Cc1nc(COc2ccc(C(=O)Nc3ccc(N4CCCCCC4)cc3)cc2)cs1. The lowest BCUT2D eigenvalue weighted by Gasteiger charge is -2.22. The van der Waals surface area contributed by atoms with Crippen LogP contribution in [0, 0.1) is 6.92 Å². The molecular formula is C24H27N3O2S. The number of hydrogen-bond donors (Lipinski definition) is 1. The Kier molecular flexibility index (Phi) is 6.64. The highest BCUT2D eigenvalue weighted by molar-refractivity contribution is 7.09. The zero-order chi connectivity index (χ0) is 20.8. The first kappa shape index (κ1) is 20.4. The number of nitrogens with one attached hydrogen (secondary N) is 1. The number of benzene rings is 2. The third-order valence-electron chi connectivity index (χ3n) is 5.27. The van der Waals surface area contributed by atoms with E-state index in [9.17, 15) is 4.79 Å². The van der Waals surface area contributed by atoms with E-state index in [1.54, 1.807) is 23.5 Å². The van der Waals surface area contributed by atoms with Crippen LogP contribution in [0.25, 0.3) is 0 Å². The first-order chi connectivity index (χ1) is 14.7. The molecule has 156 valence electrons. The summed E-state index contributed by atoms with van der Waals surface area (Å²) in [5, 5.41) is 6.00. The van der Waals surface area contributed by atoms with Crippen molar-refractivity contribution in [2.45, 2.75) is 39.2 Å². The minimum absolute atomic E-state index is 0.126. The van der Waals surface area contributed by atoms with Gasteiger partial charge >= 0.3 is 0 Å². The molecule has 6 heteroatoms. The fourth-order valence-electron chi connectivity index (χ4n) is 3.62. The van der Waals surface area contributed by atoms with Gasteiger partial charge in [-0.15, -0.1) is 11.3 Å². The summed E-state index contributed by atoms with van der Waals surface area (Å²) in [6.07, 6.45) is 5.14. The number of thiazole rings is 1. The fourth-order valence-corrected chi connectivity index (χ4v) is 4.22. The molecule has 1 aliphatic rings. The summed E-state index contributed by atoms with van der Waals surface area (Å²) in [5.74, 6) is 0.596. The average molecular weight is 422 g/mol. The van der Waals surface area contributed by atoms with E-state index < -0.39 is 0 Å². The molecule has 1 N–H and O–H groups in total. The van der Waals surface area contributed by atoms with Gasteiger partial charge in [0.15, 0.2) is 0 Å². The van der Waals surface area contributed by atoms with E-state index in [1.165, 1.54) is 31.4 Å². The molecule has 1 aromatic heterocycles. The van der Waals surface area contributed by atoms with Crippen LogP contribution in [0.2, 0.25) is 0 Å². The number of anilines is 2. The smallest absolute Gasteiger partial charge is 0.255 e. The third kappa shape index (κ3) is 5.39. The zero-order valence-electron chi connectivity index (χ0n) is 17.3. The van der Waals surface area contributed by atoms with Crippen LogP contribution in [0.4, 0.5) is 11.4 Å². The number of amides is 1. The van der Waals surface area contributed by atoms with E-state index in [0.29, 0.717) is 12.2 Å². The summed E-state index contributed by atoms with van der Waals surface area (Å²) in [5.41, 5.74) is 3.55. The molecule has 2 aromatic carbocycles. The highest BCUT2D eigenvalue weighted by Crippen LogP contribution is 2.22. The van der Waals surface area contributed by atoms with Crippen LogP contribution in [-0.2, 0) is 6.61 Å². The first-order valence-electron chi connectivity index (χ1n) is 10.5. The second kappa shape index (κ2) is 9.76. The second-order valence-corrected chi connectivity index (χ2v) is 8.64. The Morgan fingerprint density at radius 2 is 1.73 bits per heavy atom. The van der Waals surface area contributed by atoms with Gasteiger partial charge in [-0.2, -0.15) is 0 Å². The highest BCUT2D eigenvalue weighted by Gasteiger charge is 2.11. The van der Waals surface area contributed by atoms with Gasteiger partial charge in [0, 0.05) is 35.4 Å². The third-order valence-corrected chi connectivity index (χ3v) is 6.09. The van der Waals surface area contributed by atoms with Gasteiger partial charge in [-0.1, -0.05) is 12.8 Å². The minimum Gasteiger partial charge on any atom is -0.487 e. The summed E-state index contributed by atoms with van der Waals surface area (Å²) < 4.78 is 5.75. The topological polar surface area (TPSA) is 54.5 Å². The Morgan fingerprint density at radius 1 is 1.03 bits per heavy atom. The quantitative estimate of drug-likeness (QED) is 0.558. The van der Waals surface area contributed by atoms with E-state index in [1.807, 2.05) is 36.6 Å². The summed E-state index contributed by atoms with van der Waals surface area (Å²) in [6, 6.07) is 15.3. The molecule has 1 saturated heterocycles. The maximum atomic E-state index is 12.6. The van der Waals surface area contributed by atoms with E-state index in [-0.39, 0.29) is 5.91 Å². The number of aromatic nitrogens is 1. The molecule has 0 radical (unpaired) electrons. The summed E-state index contributed by atoms with van der Waals surface area (Å²) in [7, 11) is 0. The van der Waals surface area contributed by atoms with E-state index in [0.717, 1.165) is 35.2 Å². The van der Waals surface area contributed by atoms with Gasteiger partial charge in [0.2, 0.25) is 0 Å². The molecule has 1 fully saturated rings. The van der Waals surface area contributed by atoms with E-state index in [2.05, 4.69) is 27.3 Å². The lowest BCUT2D eigenvalue weighted by molar-refractivity contribution is 0.102. The van der Waals surface area contributed by atoms with Gasteiger partial charge in [0.25, 0.3) is 5.91 Å². The maximum absolute atomic E-state index is 12.6. The largest absolute Gasteiger partial charge is 0.487 e. The van der Waals surface area contributed by atoms with Crippen molar-refractivity contribution in [2.75, 3.05) is 23.3 Å². The molecule has 0 aliphatic carbocycles. The highest BCUT2D eigenvalue weighted by atomic mass is 32.1. The number of rotatable bonds is 6. The zero-order valence-corrected chi connectivity index (χ0v) is 18.1. The monoisotopic (exact) mass is 421 g/mol. The average Bonchev–Trinajstić information content (AvgIpc) is 3.01. The van der Waals surface area contributed by atoms with Crippen LogP contribution >= 0.6 is 11.3 Å². The Morgan fingerprint density at radius 3 is 2.37 bits per heavy atom. The molecule has 0 unspecified atom stereocenters. The van der Waals surface area contributed by atoms with Gasteiger partial charge in [-0.25, -0.2) is 4.98 Å². The van der Waals surface area contributed by atoms with Gasteiger partial charge in [0.1, 0.15) is 12.4 Å². The predicted octanol–water partition coefficient (Wildman–Crippen LogP) is 5.66. The molecule has 5 nitrogen and oxygen atoms in total. The summed E-state index contributed by atoms with van der Waals surface area (Å²) in [4.78, 5) is 19.4. The summed E-state index contributed by atoms with van der Waals surface area (Å²) in [6.45, 7) is 4.63. The van der Waals surface area contributed by atoms with Crippen molar-refractivity contribution >= 4 is 28.6 Å². The maximum Gasteiger partial charge on any atom is 0.255 e. The van der Waals surface area contributed by atoms with Crippen LogP contribution in [-0.4, -0.2) is 24.0 Å². The molecule has 0 atom stereocenters. The lowest BCUT2D eigenvalue weighted by atomic mass is 10.2. The number of aryl methyl sites for hydroxylation is 1. The minimum atomic E-state index is -0.126. The molecule has 4 rings (SSSR count). The molecule has 0 saturated carbocycles. The molecule has 3 aromatic rings. The van der Waals surface area contributed by atoms with Crippen LogP contribution in [0.3, 0.4) is 0 Å². The summed E-state index contributed by atoms with van der Waals surface area (Å²) >= 11 is 1.61. The van der Waals surface area contributed by atoms with Gasteiger partial charge in [-0.05, 0) is 68.3 Å². The first-order valence-corrected chi connectivity index (χ1v) is 11.4. The van der Waals surface area contributed by atoms with Crippen molar-refractivity contribution in [3.63, 3.8) is 0 Å². The van der Waals surface area contributed by atoms with E-state index >= 15 is 0 Å². The van der Waals surface area contributed by atoms with Crippen LogP contribution < -0.4 is 15.0 Å². The normalized spacial score (nSPS) is 14.2. The Balaban J connectivity index is 1.31. The van der Waals surface area contributed by atoms with Gasteiger partial charge in [-0.3, -0.25) is 4.79 Å². The van der Waals surface area contributed by atoms with Gasteiger partial charge in [0.05, 0.1) is 10.7 Å². The number of carbonyl (C=O) groups excluding carboxylic acids is 1. The molecule has 1 aliphatic heterocycles. The molecule has 2 heterocycles. The Bertz CT molecular complexity index is 959. The molecular weight excluding hydrogens is 394 g/mol. The van der Waals surface area contributed by atoms with Crippen molar-refractivity contribution in [2.24, 2.45) is 0 Å². The number of carbonyl (C=O) groups is 1. The van der Waals surface area contributed by atoms with Crippen LogP contribution in [0.5, 0.6) is 5.75 Å². The number of hydrogen-bond acceptors (Lipinski definition) is 5. The fraction of sp³-hybridized carbons (Fsp3) is 0.333. The Labute approximate surface area is 181 Å². The predicted molar refractivity (Wildman–Crippen MR) is 123 cm³/mol. The van der Waals surface area contributed by atoms with Gasteiger partial charge < -0.3 is 15.0 Å². The van der Waals surface area contributed by atoms with Crippen LogP contribution in [0.1, 0.15) is 46.7 Å². The van der Waals surface area contributed by atoms with Crippen molar-refractivity contribution in [1.82, 2.24) is 4.98 Å². The lowest BCUT2D eigenvalue weighted by Crippen LogP contribution is -2.23. The van der Waals surface area contributed by atoms with Crippen molar-refractivity contribution < 1.29 is 9.53 Å². The molecule has 0 spiro atoms. The standard InChI is InChI=1S/C24H27N3O2S/c1-18-25-21(17-30-18)16-29-23-12-6-19(7-13-23)24(28)26-20-8-10-22(11-9-20)27-14-4-2-3-5-15-27/h6-13,17H,2-5,14-16H2,1H3,(H,26,28). The second-order valence-electron chi connectivity index (χ2n) is 7.57. The molecule has 0 bridgehead atoms. The number of nitrogens with zero attached hydrogens (tertiary/aromatic N) is 2. The van der Waals surface area contributed by atoms with Crippen molar-refractivity contribution in [1.29, 1.82) is 0 Å². The Hall–Kier alpha value is -2.86.